The second-order valence-electron chi connectivity index (χ2n) is 9.84. The SMILES string of the molecule is CC[C@H](C)[C@@H]1C(=O)O[C@H]1C(=O)N[C@H]1C[C@@H]1C[C@H](NC(=O)OC(C)(C)C)C(=O)OC(=O)[C@H](C)N. The van der Waals surface area contributed by atoms with Gasteiger partial charge >= 0.3 is 24.0 Å². The number of rotatable bonds is 9. The van der Waals surface area contributed by atoms with E-state index in [2.05, 4.69) is 10.6 Å². The Kier molecular flexibility index (Phi) is 8.45. The van der Waals surface area contributed by atoms with Gasteiger partial charge in [0, 0.05) is 6.04 Å². The van der Waals surface area contributed by atoms with Gasteiger partial charge in [-0.15, -0.1) is 0 Å². The molecule has 1 saturated heterocycles. The monoisotopic (exact) mass is 469 g/mol. The van der Waals surface area contributed by atoms with Crippen LogP contribution in [0.4, 0.5) is 4.79 Å². The first-order chi connectivity index (χ1) is 15.2. The third-order valence-corrected chi connectivity index (χ3v) is 5.69. The first-order valence-electron chi connectivity index (χ1n) is 11.2. The average molecular weight is 470 g/mol. The molecule has 2 rings (SSSR count). The van der Waals surface area contributed by atoms with E-state index in [1.807, 2.05) is 13.8 Å². The number of alkyl carbamates (subject to hydrolysis) is 1. The van der Waals surface area contributed by atoms with Crippen LogP contribution in [-0.4, -0.2) is 59.7 Å². The molecule has 1 saturated carbocycles. The average Bonchev–Trinajstić information content (AvgIpc) is 3.40. The van der Waals surface area contributed by atoms with Gasteiger partial charge in [0.25, 0.3) is 5.91 Å². The molecule has 0 aromatic carbocycles. The Morgan fingerprint density at radius 1 is 1.18 bits per heavy atom. The minimum absolute atomic E-state index is 0.0247. The second kappa shape index (κ2) is 10.5. The fraction of sp³-hybridized carbons (Fsp3) is 0.773. The van der Waals surface area contributed by atoms with E-state index in [1.165, 1.54) is 6.92 Å². The second-order valence-corrected chi connectivity index (χ2v) is 9.84. The predicted octanol–water partition coefficient (Wildman–Crippen LogP) is 0.779. The maximum Gasteiger partial charge on any atom is 0.408 e. The van der Waals surface area contributed by atoms with E-state index in [1.54, 1.807) is 20.8 Å². The minimum Gasteiger partial charge on any atom is -0.451 e. The zero-order valence-corrected chi connectivity index (χ0v) is 20.0. The molecule has 2 aliphatic rings. The molecule has 1 aliphatic carbocycles. The van der Waals surface area contributed by atoms with Crippen LogP contribution >= 0.6 is 0 Å². The number of hydrogen-bond donors (Lipinski definition) is 3. The number of nitrogens with two attached hydrogens (primary N) is 1. The van der Waals surface area contributed by atoms with Crippen molar-refractivity contribution in [1.29, 1.82) is 0 Å². The van der Waals surface area contributed by atoms with Gasteiger partial charge in [0.15, 0.2) is 6.10 Å². The molecule has 0 bridgehead atoms. The van der Waals surface area contributed by atoms with E-state index >= 15 is 0 Å². The van der Waals surface area contributed by atoms with Gasteiger partial charge < -0.3 is 30.6 Å². The summed E-state index contributed by atoms with van der Waals surface area (Å²) in [4.78, 5) is 60.7. The maximum atomic E-state index is 12.5. The van der Waals surface area contributed by atoms with Gasteiger partial charge in [0.1, 0.15) is 23.6 Å². The van der Waals surface area contributed by atoms with E-state index in [-0.39, 0.29) is 36.2 Å². The molecule has 0 aromatic rings. The molecule has 7 atom stereocenters. The highest BCUT2D eigenvalue weighted by atomic mass is 16.6. The predicted molar refractivity (Wildman–Crippen MR) is 115 cm³/mol. The summed E-state index contributed by atoms with van der Waals surface area (Å²) in [5.41, 5.74) is 4.65. The van der Waals surface area contributed by atoms with Gasteiger partial charge in [0.2, 0.25) is 0 Å². The van der Waals surface area contributed by atoms with Gasteiger partial charge in [-0.3, -0.25) is 9.59 Å². The molecule has 11 heteroatoms. The number of amides is 2. The van der Waals surface area contributed by atoms with Crippen LogP contribution in [0.1, 0.15) is 60.8 Å². The third kappa shape index (κ3) is 7.41. The highest BCUT2D eigenvalue weighted by Gasteiger charge is 2.51. The normalized spacial score (nSPS) is 26.6. The Morgan fingerprint density at radius 3 is 2.33 bits per heavy atom. The van der Waals surface area contributed by atoms with Crippen molar-refractivity contribution in [3.05, 3.63) is 0 Å². The van der Waals surface area contributed by atoms with E-state index < -0.39 is 47.7 Å². The summed E-state index contributed by atoms with van der Waals surface area (Å²) in [6.45, 7) is 10.2. The first kappa shape index (κ1) is 26.6. The summed E-state index contributed by atoms with van der Waals surface area (Å²) in [5.74, 6) is -3.21. The molecule has 2 amide bonds. The smallest absolute Gasteiger partial charge is 0.408 e. The van der Waals surface area contributed by atoms with Crippen molar-refractivity contribution >= 4 is 29.9 Å². The molecule has 0 unspecified atom stereocenters. The highest BCUT2D eigenvalue weighted by Crippen LogP contribution is 2.37. The number of esters is 3. The number of hydrogen-bond acceptors (Lipinski definition) is 9. The standard InChI is InChI=1S/C22H35N3O8/c1-7-10(2)15-16(31-20(15)29)17(26)24-13-8-12(13)9-14(19(28)32-18(27)11(3)23)25-21(30)33-22(4,5)6/h10-16H,7-9,23H2,1-6H3,(H,24,26)(H,25,30)/t10-,11-,12+,13-,14-,15-,16+/m0/s1. The molecule has 1 aliphatic heterocycles. The lowest BCUT2D eigenvalue weighted by atomic mass is 9.83. The van der Waals surface area contributed by atoms with E-state index in [0.717, 1.165) is 6.42 Å². The Balaban J connectivity index is 1.95. The number of nitrogens with one attached hydrogen (secondary N) is 2. The lowest BCUT2D eigenvalue weighted by molar-refractivity contribution is -0.193. The zero-order valence-electron chi connectivity index (χ0n) is 20.0. The van der Waals surface area contributed by atoms with Crippen LogP contribution in [0.3, 0.4) is 0 Å². The molecule has 0 aromatic heterocycles. The summed E-state index contributed by atoms with van der Waals surface area (Å²) < 4.78 is 15.0. The number of cyclic esters (lactones) is 1. The maximum absolute atomic E-state index is 12.5. The Labute approximate surface area is 193 Å². The summed E-state index contributed by atoms with van der Waals surface area (Å²) in [6, 6.07) is -2.43. The molecule has 4 N–H and O–H groups in total. The van der Waals surface area contributed by atoms with Crippen molar-refractivity contribution in [2.24, 2.45) is 23.5 Å². The van der Waals surface area contributed by atoms with E-state index in [4.69, 9.17) is 19.9 Å². The van der Waals surface area contributed by atoms with Crippen molar-refractivity contribution in [2.45, 2.75) is 90.6 Å². The largest absolute Gasteiger partial charge is 0.451 e. The summed E-state index contributed by atoms with van der Waals surface area (Å²) in [5, 5.41) is 5.26. The third-order valence-electron chi connectivity index (χ3n) is 5.69. The molecule has 0 spiro atoms. The molecule has 33 heavy (non-hydrogen) atoms. The summed E-state index contributed by atoms with van der Waals surface area (Å²) in [6.07, 6.45) is -0.235. The highest BCUT2D eigenvalue weighted by molar-refractivity contribution is 5.94. The van der Waals surface area contributed by atoms with Gasteiger partial charge in [-0.2, -0.15) is 0 Å². The molecule has 186 valence electrons. The summed E-state index contributed by atoms with van der Waals surface area (Å²) in [7, 11) is 0. The minimum atomic E-state index is -1.16. The lowest BCUT2D eigenvalue weighted by Gasteiger charge is -2.37. The topological polar surface area (TPSA) is 163 Å². The molecule has 11 nitrogen and oxygen atoms in total. The lowest BCUT2D eigenvalue weighted by Crippen LogP contribution is -2.56. The quantitative estimate of drug-likeness (QED) is 0.251. The molecule has 1 heterocycles. The van der Waals surface area contributed by atoms with E-state index in [9.17, 15) is 24.0 Å². The summed E-state index contributed by atoms with van der Waals surface area (Å²) >= 11 is 0. The molecule has 2 fully saturated rings. The van der Waals surface area contributed by atoms with Crippen LogP contribution in [0, 0.1) is 17.8 Å². The van der Waals surface area contributed by atoms with Crippen LogP contribution < -0.4 is 16.4 Å². The van der Waals surface area contributed by atoms with Gasteiger partial charge in [0.05, 0.1) is 0 Å². The van der Waals surface area contributed by atoms with Crippen molar-refractivity contribution in [1.82, 2.24) is 10.6 Å². The van der Waals surface area contributed by atoms with Crippen molar-refractivity contribution < 1.29 is 38.2 Å². The fourth-order valence-corrected chi connectivity index (χ4v) is 3.51. The van der Waals surface area contributed by atoms with Crippen molar-refractivity contribution in [3.8, 4) is 0 Å². The number of ether oxygens (including phenoxy) is 3. The Hall–Kier alpha value is -2.69. The zero-order chi connectivity index (χ0) is 25.1. The Morgan fingerprint density at radius 2 is 1.82 bits per heavy atom. The van der Waals surface area contributed by atoms with Crippen LogP contribution in [0.5, 0.6) is 0 Å². The number of carbonyl (C=O) groups excluding carboxylic acids is 5. The van der Waals surface area contributed by atoms with Gasteiger partial charge in [-0.05, 0) is 52.4 Å². The van der Waals surface area contributed by atoms with Gasteiger partial charge in [-0.1, -0.05) is 20.3 Å². The first-order valence-corrected chi connectivity index (χ1v) is 11.2. The number of carbonyl (C=O) groups is 5. The van der Waals surface area contributed by atoms with E-state index in [0.29, 0.717) is 6.42 Å². The molecular weight excluding hydrogens is 434 g/mol. The van der Waals surface area contributed by atoms with Gasteiger partial charge in [-0.25, -0.2) is 14.4 Å². The van der Waals surface area contributed by atoms with Crippen LogP contribution in [0.15, 0.2) is 0 Å². The van der Waals surface area contributed by atoms with Crippen LogP contribution in [0.2, 0.25) is 0 Å². The van der Waals surface area contributed by atoms with Crippen molar-refractivity contribution in [2.75, 3.05) is 0 Å². The van der Waals surface area contributed by atoms with Crippen LogP contribution in [-0.2, 0) is 33.4 Å². The van der Waals surface area contributed by atoms with Crippen LogP contribution in [0.25, 0.3) is 0 Å². The molecule has 0 radical (unpaired) electrons. The fourth-order valence-electron chi connectivity index (χ4n) is 3.51. The molecular formula is C22H35N3O8. The van der Waals surface area contributed by atoms with Crippen molar-refractivity contribution in [3.63, 3.8) is 0 Å². The Bertz CT molecular complexity index is 791.